The van der Waals surface area contributed by atoms with Crippen molar-refractivity contribution in [3.05, 3.63) is 20.3 Å². The van der Waals surface area contributed by atoms with Gasteiger partial charge in [-0.15, -0.1) is 11.3 Å². The Hall–Kier alpha value is 0.720. The molecule has 2 heterocycles. The molecule has 0 saturated carbocycles. The first kappa shape index (κ1) is 11.2. The van der Waals surface area contributed by atoms with E-state index in [-0.39, 0.29) is 6.10 Å². The maximum absolute atomic E-state index is 6.06. The van der Waals surface area contributed by atoms with Gasteiger partial charge in [0.2, 0.25) is 0 Å². The molecule has 1 aliphatic rings. The number of alkyl halides is 1. The first-order valence-electron chi connectivity index (χ1n) is 4.37. The Bertz CT molecular complexity index is 329. The number of hydrogen-bond acceptors (Lipinski definition) is 2. The highest BCUT2D eigenvalue weighted by Gasteiger charge is 2.28. The van der Waals surface area contributed by atoms with E-state index < -0.39 is 0 Å². The molecule has 2 rings (SSSR count). The van der Waals surface area contributed by atoms with Gasteiger partial charge in [0.25, 0.3) is 0 Å². The molecule has 0 N–H and O–H groups in total. The molecule has 1 aromatic heterocycles. The van der Waals surface area contributed by atoms with Crippen molar-refractivity contribution in [1.29, 1.82) is 0 Å². The van der Waals surface area contributed by atoms with Gasteiger partial charge in [-0.2, -0.15) is 0 Å². The van der Waals surface area contributed by atoms with E-state index in [0.29, 0.717) is 6.10 Å². The van der Waals surface area contributed by atoms with E-state index in [2.05, 4.69) is 15.9 Å². The molecule has 0 spiro atoms. The van der Waals surface area contributed by atoms with Crippen molar-refractivity contribution in [2.75, 3.05) is 5.33 Å². The highest BCUT2D eigenvalue weighted by atomic mass is 79.9. The van der Waals surface area contributed by atoms with Crippen molar-refractivity contribution >= 4 is 50.5 Å². The Morgan fingerprint density at radius 3 is 2.79 bits per heavy atom. The average molecular weight is 316 g/mol. The quantitative estimate of drug-likeness (QED) is 0.721. The molecule has 2 atom stereocenters. The second kappa shape index (κ2) is 4.71. The number of halogens is 3. The van der Waals surface area contributed by atoms with Crippen LogP contribution in [0.3, 0.4) is 0 Å². The Labute approximate surface area is 105 Å². The van der Waals surface area contributed by atoms with Crippen molar-refractivity contribution in [2.45, 2.75) is 25.0 Å². The molecular formula is C9H9BrCl2OS. The number of rotatable bonds is 2. The van der Waals surface area contributed by atoms with Crippen molar-refractivity contribution in [1.82, 2.24) is 0 Å². The van der Waals surface area contributed by atoms with Crippen LogP contribution in [-0.2, 0) is 4.74 Å². The van der Waals surface area contributed by atoms with Crippen LogP contribution in [0.25, 0.3) is 0 Å². The smallest absolute Gasteiger partial charge is 0.100 e. The van der Waals surface area contributed by atoms with Gasteiger partial charge >= 0.3 is 0 Å². The normalized spacial score (nSPS) is 27.1. The summed E-state index contributed by atoms with van der Waals surface area (Å²) < 4.78 is 7.30. The third kappa shape index (κ3) is 2.27. The monoisotopic (exact) mass is 314 g/mol. The van der Waals surface area contributed by atoms with E-state index >= 15 is 0 Å². The molecular weight excluding hydrogens is 307 g/mol. The maximum atomic E-state index is 6.06. The molecule has 1 saturated heterocycles. The summed E-state index contributed by atoms with van der Waals surface area (Å²) >= 11 is 16.8. The van der Waals surface area contributed by atoms with Gasteiger partial charge in [-0.05, 0) is 18.9 Å². The van der Waals surface area contributed by atoms with Crippen LogP contribution in [0.2, 0.25) is 8.67 Å². The highest BCUT2D eigenvalue weighted by Crippen LogP contribution is 2.41. The molecule has 1 aliphatic heterocycles. The number of ether oxygens (including phenoxy) is 1. The molecule has 0 radical (unpaired) electrons. The molecule has 1 fully saturated rings. The SMILES string of the molecule is Clc1cc(C2CCC(CBr)O2)c(Cl)s1. The second-order valence-electron chi connectivity index (χ2n) is 3.26. The van der Waals surface area contributed by atoms with Gasteiger partial charge in [0.15, 0.2) is 0 Å². The fourth-order valence-electron chi connectivity index (χ4n) is 1.62. The molecule has 2 unspecified atom stereocenters. The number of thiophene rings is 1. The third-order valence-corrected chi connectivity index (χ3v) is 4.55. The first-order chi connectivity index (χ1) is 6.70. The molecule has 0 aromatic carbocycles. The summed E-state index contributed by atoms with van der Waals surface area (Å²) in [5.74, 6) is 0. The predicted molar refractivity (Wildman–Crippen MR) is 65.0 cm³/mol. The molecule has 78 valence electrons. The Balaban J connectivity index is 2.13. The average Bonchev–Trinajstić information content (AvgIpc) is 2.71. The largest absolute Gasteiger partial charge is 0.369 e. The van der Waals surface area contributed by atoms with Crippen molar-refractivity contribution < 1.29 is 4.74 Å². The third-order valence-electron chi connectivity index (χ3n) is 2.31. The first-order valence-corrected chi connectivity index (χ1v) is 7.06. The second-order valence-corrected chi connectivity index (χ2v) is 6.19. The topological polar surface area (TPSA) is 9.23 Å². The van der Waals surface area contributed by atoms with Gasteiger partial charge in [0.05, 0.1) is 16.5 Å². The van der Waals surface area contributed by atoms with Crippen molar-refractivity contribution in [3.8, 4) is 0 Å². The lowest BCUT2D eigenvalue weighted by Gasteiger charge is -2.10. The fourth-order valence-corrected chi connectivity index (χ4v) is 3.66. The zero-order chi connectivity index (χ0) is 10.1. The minimum atomic E-state index is 0.133. The Morgan fingerprint density at radius 1 is 1.50 bits per heavy atom. The molecule has 1 aromatic rings. The molecule has 1 nitrogen and oxygen atoms in total. The van der Waals surface area contributed by atoms with Crippen LogP contribution in [0.1, 0.15) is 24.5 Å². The van der Waals surface area contributed by atoms with Crippen molar-refractivity contribution in [3.63, 3.8) is 0 Å². The Kier molecular flexibility index (Phi) is 3.77. The van der Waals surface area contributed by atoms with E-state index in [1.807, 2.05) is 6.07 Å². The summed E-state index contributed by atoms with van der Waals surface area (Å²) in [5.41, 5.74) is 1.05. The summed E-state index contributed by atoms with van der Waals surface area (Å²) in [6, 6.07) is 1.91. The zero-order valence-corrected chi connectivity index (χ0v) is 11.2. The van der Waals surface area contributed by atoms with E-state index in [4.69, 9.17) is 27.9 Å². The van der Waals surface area contributed by atoms with Gasteiger partial charge < -0.3 is 4.74 Å². The highest BCUT2D eigenvalue weighted by molar-refractivity contribution is 9.09. The minimum absolute atomic E-state index is 0.133. The lowest BCUT2D eigenvalue weighted by atomic mass is 10.1. The number of hydrogen-bond donors (Lipinski definition) is 0. The predicted octanol–water partition coefficient (Wildman–Crippen LogP) is 4.67. The van der Waals surface area contributed by atoms with E-state index in [9.17, 15) is 0 Å². The van der Waals surface area contributed by atoms with E-state index in [1.54, 1.807) is 0 Å². The van der Waals surface area contributed by atoms with Crippen molar-refractivity contribution in [2.24, 2.45) is 0 Å². The van der Waals surface area contributed by atoms with Crippen LogP contribution in [0, 0.1) is 0 Å². The fraction of sp³-hybridized carbons (Fsp3) is 0.556. The van der Waals surface area contributed by atoms with Gasteiger partial charge in [-0.25, -0.2) is 0 Å². The summed E-state index contributed by atoms with van der Waals surface area (Å²) in [6.45, 7) is 0. The lowest BCUT2D eigenvalue weighted by molar-refractivity contribution is 0.0591. The van der Waals surface area contributed by atoms with Gasteiger partial charge in [0, 0.05) is 10.9 Å². The summed E-state index contributed by atoms with van der Waals surface area (Å²) in [7, 11) is 0. The summed E-state index contributed by atoms with van der Waals surface area (Å²) in [4.78, 5) is 0. The maximum Gasteiger partial charge on any atom is 0.100 e. The standard InChI is InChI=1S/C9H9BrCl2OS/c10-4-5-1-2-7(13-5)6-3-8(11)14-9(6)12/h3,5,7H,1-2,4H2. The summed E-state index contributed by atoms with van der Waals surface area (Å²) in [6.07, 6.45) is 2.56. The van der Waals surface area contributed by atoms with Gasteiger partial charge in [-0.1, -0.05) is 39.1 Å². The van der Waals surface area contributed by atoms with Crippen LogP contribution in [-0.4, -0.2) is 11.4 Å². The van der Waals surface area contributed by atoms with Crippen LogP contribution >= 0.6 is 50.5 Å². The summed E-state index contributed by atoms with van der Waals surface area (Å²) in [5, 5.41) is 0.888. The van der Waals surface area contributed by atoms with Gasteiger partial charge in [0.1, 0.15) is 4.34 Å². The molecule has 0 aliphatic carbocycles. The van der Waals surface area contributed by atoms with Gasteiger partial charge in [-0.3, -0.25) is 0 Å². The minimum Gasteiger partial charge on any atom is -0.369 e. The zero-order valence-electron chi connectivity index (χ0n) is 7.30. The van der Waals surface area contributed by atoms with Crippen LogP contribution < -0.4 is 0 Å². The van der Waals surface area contributed by atoms with E-state index in [1.165, 1.54) is 11.3 Å². The van der Waals surface area contributed by atoms with E-state index in [0.717, 1.165) is 32.4 Å². The Morgan fingerprint density at radius 2 is 2.29 bits per heavy atom. The van der Waals surface area contributed by atoms with Crippen LogP contribution in [0.4, 0.5) is 0 Å². The molecule has 0 bridgehead atoms. The van der Waals surface area contributed by atoms with Crippen LogP contribution in [0.15, 0.2) is 6.07 Å². The molecule has 0 amide bonds. The molecule has 5 heteroatoms. The lowest BCUT2D eigenvalue weighted by Crippen LogP contribution is -2.07. The molecule has 14 heavy (non-hydrogen) atoms. The van der Waals surface area contributed by atoms with Crippen LogP contribution in [0.5, 0.6) is 0 Å².